The molecule has 0 saturated carbocycles. The van der Waals surface area contributed by atoms with Crippen LogP contribution in [0.4, 0.5) is 18.9 Å². The number of hydrogen-bond acceptors (Lipinski definition) is 6. The zero-order chi connectivity index (χ0) is 26.9. The summed E-state index contributed by atoms with van der Waals surface area (Å²) in [4.78, 5) is 27.7. The molecular formula is C27H22F3NO6. The van der Waals surface area contributed by atoms with Gasteiger partial charge in [-0.3, -0.25) is 14.5 Å². The van der Waals surface area contributed by atoms with Crippen LogP contribution < -0.4 is 19.1 Å². The Kier molecular flexibility index (Phi) is 6.84. The van der Waals surface area contributed by atoms with Gasteiger partial charge in [-0.15, -0.1) is 13.2 Å². The molecule has 3 aromatic carbocycles. The molecule has 1 heterocycles. The van der Waals surface area contributed by atoms with Gasteiger partial charge in [0, 0.05) is 5.69 Å². The van der Waals surface area contributed by atoms with Gasteiger partial charge in [-0.1, -0.05) is 23.8 Å². The molecule has 0 bridgehead atoms. The largest absolute Gasteiger partial charge is 0.573 e. The van der Waals surface area contributed by atoms with E-state index in [-0.39, 0.29) is 22.6 Å². The molecule has 0 aromatic heterocycles. The van der Waals surface area contributed by atoms with Crippen molar-refractivity contribution < 1.29 is 42.1 Å². The summed E-state index contributed by atoms with van der Waals surface area (Å²) in [6.07, 6.45) is -4.89. The number of amides is 1. The van der Waals surface area contributed by atoms with Gasteiger partial charge in [0.2, 0.25) is 0 Å². The van der Waals surface area contributed by atoms with Crippen molar-refractivity contribution in [2.24, 2.45) is 0 Å². The van der Waals surface area contributed by atoms with E-state index in [1.54, 1.807) is 49.4 Å². The number of aliphatic hydroxyl groups excluding tert-OH is 1. The van der Waals surface area contributed by atoms with E-state index >= 15 is 0 Å². The monoisotopic (exact) mass is 513 g/mol. The first-order valence-electron chi connectivity index (χ1n) is 11.0. The number of anilines is 1. The summed E-state index contributed by atoms with van der Waals surface area (Å²) >= 11 is 0. The highest BCUT2D eigenvalue weighted by Gasteiger charge is 2.47. The summed E-state index contributed by atoms with van der Waals surface area (Å²) in [6, 6.07) is 15.0. The summed E-state index contributed by atoms with van der Waals surface area (Å²) in [5.74, 6) is -2.16. The van der Waals surface area contributed by atoms with Crippen LogP contribution in [0.5, 0.6) is 17.2 Å². The van der Waals surface area contributed by atoms with Crippen molar-refractivity contribution >= 4 is 23.1 Å². The van der Waals surface area contributed by atoms with Crippen molar-refractivity contribution in [1.29, 1.82) is 0 Å². The lowest BCUT2D eigenvalue weighted by Gasteiger charge is -2.26. The van der Waals surface area contributed by atoms with Crippen molar-refractivity contribution in [2.45, 2.75) is 19.3 Å². The molecule has 37 heavy (non-hydrogen) atoms. The van der Waals surface area contributed by atoms with Crippen LogP contribution in [0.3, 0.4) is 0 Å². The highest BCUT2D eigenvalue weighted by atomic mass is 19.4. The van der Waals surface area contributed by atoms with E-state index in [1.165, 1.54) is 26.4 Å². The fourth-order valence-electron chi connectivity index (χ4n) is 4.19. The third kappa shape index (κ3) is 5.09. The maximum Gasteiger partial charge on any atom is 0.573 e. The fourth-order valence-corrected chi connectivity index (χ4v) is 4.19. The van der Waals surface area contributed by atoms with Crippen molar-refractivity contribution in [1.82, 2.24) is 0 Å². The molecule has 10 heteroatoms. The summed E-state index contributed by atoms with van der Waals surface area (Å²) in [5.41, 5.74) is 1.33. The van der Waals surface area contributed by atoms with Crippen molar-refractivity contribution in [3.8, 4) is 17.2 Å². The van der Waals surface area contributed by atoms with Gasteiger partial charge in [0.1, 0.15) is 23.0 Å². The smallest absolute Gasteiger partial charge is 0.507 e. The first kappa shape index (κ1) is 25.6. The minimum absolute atomic E-state index is 0.125. The lowest BCUT2D eigenvalue weighted by atomic mass is 9.94. The Morgan fingerprint density at radius 3 is 2.24 bits per heavy atom. The molecule has 0 radical (unpaired) electrons. The number of carbonyl (C=O) groups excluding carboxylic acids is 2. The zero-order valence-corrected chi connectivity index (χ0v) is 20.0. The lowest BCUT2D eigenvalue weighted by Crippen LogP contribution is -2.29. The topological polar surface area (TPSA) is 85.3 Å². The first-order chi connectivity index (χ1) is 17.5. The molecule has 1 amide bonds. The average molecular weight is 513 g/mol. The highest BCUT2D eigenvalue weighted by molar-refractivity contribution is 6.51. The number of ether oxygens (including phenoxy) is 3. The number of alkyl halides is 3. The van der Waals surface area contributed by atoms with Crippen molar-refractivity contribution in [3.05, 3.63) is 89.0 Å². The number of nitrogens with zero attached hydrogens (tertiary/aromatic N) is 1. The highest BCUT2D eigenvalue weighted by Crippen LogP contribution is 2.44. The summed E-state index contributed by atoms with van der Waals surface area (Å²) in [7, 11) is 2.86. The number of aliphatic hydroxyl groups is 1. The molecule has 1 unspecified atom stereocenters. The lowest BCUT2D eigenvalue weighted by molar-refractivity contribution is -0.274. The molecular weight excluding hydrogens is 491 g/mol. The third-order valence-corrected chi connectivity index (χ3v) is 5.81. The number of hydrogen-bond donors (Lipinski definition) is 1. The number of Topliss-reactive ketones (excluding diaryl/α,β-unsaturated/α-hetero) is 1. The standard InChI is InChI=1S/C27H22F3NO6/c1-15-7-12-21(36-3)20(13-15)24(32)22-23(16-5-4-6-19(14-16)35-2)31(26(34)25(22)33)17-8-10-18(11-9-17)37-27(28,29)30/h4-14,23,32H,1-3H3/b24-22+. The molecule has 1 N–H and O–H groups in total. The van der Waals surface area contributed by atoms with Gasteiger partial charge in [0.25, 0.3) is 11.7 Å². The molecule has 1 atom stereocenters. The maximum absolute atomic E-state index is 13.3. The number of methoxy groups -OCH3 is 2. The van der Waals surface area contributed by atoms with E-state index in [0.717, 1.165) is 22.6 Å². The summed E-state index contributed by atoms with van der Waals surface area (Å²) < 4.78 is 52.4. The van der Waals surface area contributed by atoms with Crippen LogP contribution >= 0.6 is 0 Å². The molecule has 1 fully saturated rings. The Morgan fingerprint density at radius 1 is 0.919 bits per heavy atom. The second kappa shape index (κ2) is 9.88. The third-order valence-electron chi connectivity index (χ3n) is 5.81. The summed E-state index contributed by atoms with van der Waals surface area (Å²) in [6.45, 7) is 1.79. The zero-order valence-electron chi connectivity index (χ0n) is 20.0. The van der Waals surface area contributed by atoms with E-state index in [2.05, 4.69) is 4.74 Å². The summed E-state index contributed by atoms with van der Waals surface area (Å²) in [5, 5.41) is 11.4. The first-order valence-corrected chi connectivity index (χ1v) is 11.0. The van der Waals surface area contributed by atoms with Crippen molar-refractivity contribution in [3.63, 3.8) is 0 Å². The number of benzene rings is 3. The van der Waals surface area contributed by atoms with Gasteiger partial charge in [-0.05, 0) is 61.0 Å². The SMILES string of the molecule is COc1cccc(C2/C(=C(\O)c3cc(C)ccc3OC)C(=O)C(=O)N2c2ccc(OC(F)(F)F)cc2)c1. The normalized spacial score (nSPS) is 17.1. The number of aryl methyl sites for hydroxylation is 1. The van der Waals surface area contributed by atoms with Crippen LogP contribution in [-0.2, 0) is 9.59 Å². The van der Waals surface area contributed by atoms with Gasteiger partial charge in [-0.25, -0.2) is 0 Å². The number of rotatable bonds is 6. The Hall–Kier alpha value is -4.47. The van der Waals surface area contributed by atoms with E-state index in [0.29, 0.717) is 11.3 Å². The van der Waals surface area contributed by atoms with Crippen LogP contribution in [0.1, 0.15) is 22.7 Å². The van der Waals surface area contributed by atoms with Gasteiger partial charge < -0.3 is 19.3 Å². The van der Waals surface area contributed by atoms with Crippen LogP contribution in [-0.4, -0.2) is 37.4 Å². The van der Waals surface area contributed by atoms with Gasteiger partial charge >= 0.3 is 6.36 Å². The Balaban J connectivity index is 1.91. The number of carbonyl (C=O) groups is 2. The van der Waals surface area contributed by atoms with Crippen LogP contribution in [0.2, 0.25) is 0 Å². The molecule has 7 nitrogen and oxygen atoms in total. The Morgan fingerprint density at radius 2 is 1.62 bits per heavy atom. The average Bonchev–Trinajstić information content (AvgIpc) is 3.13. The quantitative estimate of drug-likeness (QED) is 0.265. The molecule has 1 saturated heterocycles. The predicted molar refractivity (Wildman–Crippen MR) is 129 cm³/mol. The van der Waals surface area contributed by atoms with Crippen LogP contribution in [0.15, 0.2) is 72.3 Å². The molecule has 4 rings (SSSR count). The Bertz CT molecular complexity index is 1380. The maximum atomic E-state index is 13.3. The van der Waals surface area contributed by atoms with Crippen LogP contribution in [0.25, 0.3) is 5.76 Å². The van der Waals surface area contributed by atoms with E-state index in [9.17, 15) is 27.9 Å². The minimum atomic E-state index is -4.89. The molecule has 1 aliphatic rings. The van der Waals surface area contributed by atoms with E-state index in [1.807, 2.05) is 0 Å². The van der Waals surface area contributed by atoms with Gasteiger partial charge in [0.05, 0.1) is 31.4 Å². The molecule has 1 aliphatic heterocycles. The molecule has 0 aliphatic carbocycles. The number of halogens is 3. The van der Waals surface area contributed by atoms with E-state index in [4.69, 9.17) is 9.47 Å². The second-order valence-corrected chi connectivity index (χ2v) is 8.19. The van der Waals surface area contributed by atoms with E-state index < -0.39 is 35.6 Å². The number of ketones is 1. The molecule has 3 aromatic rings. The van der Waals surface area contributed by atoms with Gasteiger partial charge in [0.15, 0.2) is 0 Å². The second-order valence-electron chi connectivity index (χ2n) is 8.19. The Labute approximate surface area is 210 Å². The fraction of sp³-hybridized carbons (Fsp3) is 0.185. The minimum Gasteiger partial charge on any atom is -0.507 e. The predicted octanol–water partition coefficient (Wildman–Crippen LogP) is 5.54. The molecule has 192 valence electrons. The van der Waals surface area contributed by atoms with Crippen molar-refractivity contribution in [2.75, 3.05) is 19.1 Å². The molecule has 0 spiro atoms. The van der Waals surface area contributed by atoms with Crippen LogP contribution in [0, 0.1) is 6.92 Å². The van der Waals surface area contributed by atoms with Gasteiger partial charge in [-0.2, -0.15) is 0 Å².